The molecule has 0 amide bonds. The predicted octanol–water partition coefficient (Wildman–Crippen LogP) is 14.7. The summed E-state index contributed by atoms with van der Waals surface area (Å²) in [5.74, 6) is 1.59. The summed E-state index contributed by atoms with van der Waals surface area (Å²) in [7, 11) is 0. The summed E-state index contributed by atoms with van der Waals surface area (Å²) in [5.41, 5.74) is 15.3. The highest BCUT2D eigenvalue weighted by Gasteiger charge is 2.21. The average molecular weight is 804 g/mol. The minimum Gasteiger partial charge on any atom is -0.292 e. The molecular formula is C58H37N5. The van der Waals surface area contributed by atoms with E-state index in [1.54, 1.807) is 0 Å². The minimum atomic E-state index is 0.699. The second kappa shape index (κ2) is 15.2. The van der Waals surface area contributed by atoms with Crippen molar-refractivity contribution in [2.75, 3.05) is 0 Å². The summed E-state index contributed by atoms with van der Waals surface area (Å²) < 4.78 is 2.27. The van der Waals surface area contributed by atoms with Crippen LogP contribution in [0.3, 0.4) is 0 Å². The molecule has 5 nitrogen and oxygen atoms in total. The smallest absolute Gasteiger partial charge is 0.160 e. The van der Waals surface area contributed by atoms with Crippen molar-refractivity contribution in [3.05, 3.63) is 224 Å². The fraction of sp³-hybridized carbons (Fsp3) is 0. The van der Waals surface area contributed by atoms with Crippen molar-refractivity contribution in [2.45, 2.75) is 0 Å². The van der Waals surface area contributed by atoms with Crippen molar-refractivity contribution in [3.8, 4) is 73.2 Å². The van der Waals surface area contributed by atoms with Crippen molar-refractivity contribution in [3.63, 3.8) is 0 Å². The maximum absolute atomic E-state index is 5.46. The lowest BCUT2D eigenvalue weighted by atomic mass is 9.96. The highest BCUT2D eigenvalue weighted by Crippen LogP contribution is 2.41. The Hall–Kier alpha value is -8.54. The van der Waals surface area contributed by atoms with Gasteiger partial charge in [0.15, 0.2) is 5.82 Å². The van der Waals surface area contributed by atoms with E-state index in [1.807, 2.05) is 18.2 Å². The van der Waals surface area contributed by atoms with E-state index >= 15 is 0 Å². The Morgan fingerprint density at radius 1 is 0.302 bits per heavy atom. The van der Waals surface area contributed by atoms with E-state index in [0.29, 0.717) is 5.82 Å². The molecule has 12 aromatic rings. The number of para-hydroxylation sites is 3. The SMILES string of the molecule is c1ccc(-c2cccc(-c3nc(-c4cccc(-c5ccc(-c6nc7ccccc7c7ccc8c(nc(-c9ccccc9)n8-c8ccccc8)c67)cc5)c4)c4ccccc4n3)c2)cc1. The van der Waals surface area contributed by atoms with Gasteiger partial charge in [0, 0.05) is 44.1 Å². The Morgan fingerprint density at radius 3 is 1.57 bits per heavy atom. The first-order chi connectivity index (χ1) is 31.2. The molecule has 0 saturated carbocycles. The van der Waals surface area contributed by atoms with Gasteiger partial charge in [0.2, 0.25) is 0 Å². The summed E-state index contributed by atoms with van der Waals surface area (Å²) >= 11 is 0. The van der Waals surface area contributed by atoms with Crippen LogP contribution in [0.4, 0.5) is 0 Å². The number of rotatable bonds is 7. The predicted molar refractivity (Wildman–Crippen MR) is 260 cm³/mol. The molecule has 0 N–H and O–H groups in total. The van der Waals surface area contributed by atoms with Gasteiger partial charge in [-0.3, -0.25) is 4.57 Å². The molecule has 0 atom stereocenters. The normalized spacial score (nSPS) is 11.5. The number of hydrogen-bond donors (Lipinski definition) is 0. The molecule has 0 unspecified atom stereocenters. The lowest BCUT2D eigenvalue weighted by Crippen LogP contribution is -1.97. The molecular weight excluding hydrogens is 767 g/mol. The van der Waals surface area contributed by atoms with Crippen LogP contribution in [-0.4, -0.2) is 24.5 Å². The molecule has 294 valence electrons. The molecule has 3 aromatic heterocycles. The molecule has 63 heavy (non-hydrogen) atoms. The summed E-state index contributed by atoms with van der Waals surface area (Å²) in [6, 6.07) is 78.4. The average Bonchev–Trinajstić information content (AvgIpc) is 3.77. The van der Waals surface area contributed by atoms with Crippen LogP contribution in [0.15, 0.2) is 224 Å². The number of fused-ring (bicyclic) bond motifs is 6. The number of hydrogen-bond acceptors (Lipinski definition) is 4. The van der Waals surface area contributed by atoms with E-state index < -0.39 is 0 Å². The second-order valence-corrected chi connectivity index (χ2v) is 15.8. The summed E-state index contributed by atoms with van der Waals surface area (Å²) in [4.78, 5) is 21.2. The number of aromatic nitrogens is 5. The number of nitrogens with zero attached hydrogens (tertiary/aromatic N) is 5. The van der Waals surface area contributed by atoms with Crippen molar-refractivity contribution in [1.29, 1.82) is 0 Å². The molecule has 0 aliphatic carbocycles. The van der Waals surface area contributed by atoms with Gasteiger partial charge in [-0.1, -0.05) is 182 Å². The first-order valence-corrected chi connectivity index (χ1v) is 21.2. The quantitative estimate of drug-likeness (QED) is 0.151. The molecule has 0 fully saturated rings. The number of imidazole rings is 1. The van der Waals surface area contributed by atoms with Crippen molar-refractivity contribution >= 4 is 43.6 Å². The molecule has 0 bridgehead atoms. The fourth-order valence-electron chi connectivity index (χ4n) is 8.97. The molecule has 0 radical (unpaired) electrons. The van der Waals surface area contributed by atoms with Gasteiger partial charge in [0.25, 0.3) is 0 Å². The van der Waals surface area contributed by atoms with Gasteiger partial charge in [-0.05, 0) is 70.1 Å². The topological polar surface area (TPSA) is 56.5 Å². The van der Waals surface area contributed by atoms with Gasteiger partial charge in [0.05, 0.1) is 33.5 Å². The Kier molecular flexibility index (Phi) is 8.75. The van der Waals surface area contributed by atoms with Crippen LogP contribution in [0.2, 0.25) is 0 Å². The van der Waals surface area contributed by atoms with Crippen LogP contribution in [0.25, 0.3) is 117 Å². The van der Waals surface area contributed by atoms with Gasteiger partial charge in [0.1, 0.15) is 5.82 Å². The van der Waals surface area contributed by atoms with Crippen molar-refractivity contribution in [1.82, 2.24) is 24.5 Å². The van der Waals surface area contributed by atoms with Crippen LogP contribution in [0, 0.1) is 0 Å². The monoisotopic (exact) mass is 803 g/mol. The Labute approximate surface area is 364 Å². The third-order valence-electron chi connectivity index (χ3n) is 12.0. The molecule has 0 spiro atoms. The first kappa shape index (κ1) is 36.3. The lowest BCUT2D eigenvalue weighted by molar-refractivity contribution is 1.10. The van der Waals surface area contributed by atoms with Crippen LogP contribution < -0.4 is 0 Å². The first-order valence-electron chi connectivity index (χ1n) is 21.2. The molecule has 3 heterocycles. The minimum absolute atomic E-state index is 0.699. The Morgan fingerprint density at radius 2 is 0.841 bits per heavy atom. The maximum atomic E-state index is 5.46. The van der Waals surface area contributed by atoms with E-state index in [2.05, 4.69) is 211 Å². The molecule has 0 saturated heterocycles. The van der Waals surface area contributed by atoms with Crippen LogP contribution >= 0.6 is 0 Å². The molecule has 5 heteroatoms. The van der Waals surface area contributed by atoms with Gasteiger partial charge >= 0.3 is 0 Å². The van der Waals surface area contributed by atoms with Crippen molar-refractivity contribution in [2.24, 2.45) is 0 Å². The largest absolute Gasteiger partial charge is 0.292 e. The van der Waals surface area contributed by atoms with Gasteiger partial charge in [-0.2, -0.15) is 0 Å². The van der Waals surface area contributed by atoms with Gasteiger partial charge in [-0.25, -0.2) is 19.9 Å². The van der Waals surface area contributed by atoms with E-state index in [0.717, 1.165) is 111 Å². The zero-order valence-corrected chi connectivity index (χ0v) is 34.1. The standard InChI is InChI=1S/C58H37N5/c1-4-16-38(17-5-1)43-21-15-23-45(37-43)57-60-51-29-13-11-27-49(51)54(61-57)44-22-14-20-42(36-44)39-30-32-40(33-31-39)55-53-48(47-26-10-12-28-50(47)59-55)34-35-52-56(53)62-58(41-18-6-2-7-19-41)63(52)46-24-8-3-9-25-46/h1-37H. The second-order valence-electron chi connectivity index (χ2n) is 15.8. The highest BCUT2D eigenvalue weighted by molar-refractivity contribution is 6.20. The zero-order chi connectivity index (χ0) is 41.7. The Bertz CT molecular complexity index is 3650. The highest BCUT2D eigenvalue weighted by atomic mass is 15.1. The van der Waals surface area contributed by atoms with E-state index in [9.17, 15) is 0 Å². The van der Waals surface area contributed by atoms with Crippen molar-refractivity contribution < 1.29 is 0 Å². The summed E-state index contributed by atoms with van der Waals surface area (Å²) in [5, 5.41) is 4.28. The maximum Gasteiger partial charge on any atom is 0.160 e. The zero-order valence-electron chi connectivity index (χ0n) is 34.1. The fourth-order valence-corrected chi connectivity index (χ4v) is 8.97. The van der Waals surface area contributed by atoms with E-state index in [4.69, 9.17) is 19.9 Å². The van der Waals surface area contributed by atoms with E-state index in [1.165, 1.54) is 0 Å². The Balaban J connectivity index is 0.978. The third kappa shape index (κ3) is 6.42. The van der Waals surface area contributed by atoms with Gasteiger partial charge < -0.3 is 0 Å². The molecule has 0 aliphatic rings. The van der Waals surface area contributed by atoms with Crippen LogP contribution in [-0.2, 0) is 0 Å². The number of pyridine rings is 1. The van der Waals surface area contributed by atoms with Crippen LogP contribution in [0.5, 0.6) is 0 Å². The van der Waals surface area contributed by atoms with Gasteiger partial charge in [-0.15, -0.1) is 0 Å². The lowest BCUT2D eigenvalue weighted by Gasteiger charge is -2.13. The van der Waals surface area contributed by atoms with Crippen LogP contribution in [0.1, 0.15) is 0 Å². The summed E-state index contributed by atoms with van der Waals surface area (Å²) in [6.45, 7) is 0. The molecule has 0 aliphatic heterocycles. The number of benzene rings is 9. The molecule has 12 rings (SSSR count). The third-order valence-corrected chi connectivity index (χ3v) is 12.0. The summed E-state index contributed by atoms with van der Waals surface area (Å²) in [6.07, 6.45) is 0. The molecule has 9 aromatic carbocycles. The van der Waals surface area contributed by atoms with E-state index in [-0.39, 0.29) is 0 Å².